The number of nitrogens with zero attached hydrogens (tertiary/aromatic N) is 1. The maximum atomic E-state index is 5.87. The van der Waals surface area contributed by atoms with Crippen molar-refractivity contribution in [3.8, 4) is 10.6 Å². The molecule has 1 unspecified atom stereocenters. The van der Waals surface area contributed by atoms with Crippen LogP contribution in [-0.2, 0) is 12.8 Å². The van der Waals surface area contributed by atoms with Gasteiger partial charge in [-0.05, 0) is 51.3 Å². The van der Waals surface area contributed by atoms with Crippen LogP contribution in [-0.4, -0.2) is 12.0 Å². The molecule has 1 aliphatic rings. The molecule has 0 saturated carbocycles. The first-order valence-electron chi connectivity index (χ1n) is 7.03. The highest BCUT2D eigenvalue weighted by atomic mass is 32.1. The number of aromatic nitrogens is 1. The van der Waals surface area contributed by atoms with Crippen molar-refractivity contribution in [3.63, 3.8) is 0 Å². The summed E-state index contributed by atoms with van der Waals surface area (Å²) >= 11 is 1.88. The van der Waals surface area contributed by atoms with Gasteiger partial charge in [-0.3, -0.25) is 0 Å². The molecule has 0 radical (unpaired) electrons. The van der Waals surface area contributed by atoms with Crippen LogP contribution in [0.3, 0.4) is 0 Å². The van der Waals surface area contributed by atoms with Crippen molar-refractivity contribution in [1.29, 1.82) is 0 Å². The Kier molecular flexibility index (Phi) is 3.71. The summed E-state index contributed by atoms with van der Waals surface area (Å²) in [6.45, 7) is 2.05. The normalized spacial score (nSPS) is 16.9. The van der Waals surface area contributed by atoms with Crippen LogP contribution in [0.25, 0.3) is 10.6 Å². The van der Waals surface area contributed by atoms with Crippen molar-refractivity contribution >= 4 is 11.3 Å². The van der Waals surface area contributed by atoms with Crippen LogP contribution in [0.2, 0.25) is 0 Å². The van der Waals surface area contributed by atoms with Crippen molar-refractivity contribution in [1.82, 2.24) is 10.3 Å². The number of hydrogen-bond donors (Lipinski definition) is 1. The molecule has 1 N–H and O–H groups in total. The van der Waals surface area contributed by atoms with Gasteiger partial charge in [-0.25, -0.2) is 4.98 Å². The minimum absolute atomic E-state index is 0.159. The summed E-state index contributed by atoms with van der Waals surface area (Å²) in [5.74, 6) is 1.68. The van der Waals surface area contributed by atoms with Crippen molar-refractivity contribution in [2.45, 2.75) is 45.1 Å². The monoisotopic (exact) mass is 276 g/mol. The molecule has 0 spiro atoms. The second-order valence-corrected chi connectivity index (χ2v) is 6.33. The van der Waals surface area contributed by atoms with Crippen LogP contribution < -0.4 is 5.32 Å². The summed E-state index contributed by atoms with van der Waals surface area (Å²) in [7, 11) is 1.92. The number of rotatable bonds is 3. The molecular formula is C15H20N2OS. The van der Waals surface area contributed by atoms with Crippen LogP contribution in [0.4, 0.5) is 0 Å². The Balaban J connectivity index is 1.88. The van der Waals surface area contributed by atoms with E-state index in [-0.39, 0.29) is 6.04 Å². The maximum Gasteiger partial charge on any atom is 0.211 e. The number of aryl methyl sites for hydroxylation is 2. The molecule has 0 fully saturated rings. The first-order valence-corrected chi connectivity index (χ1v) is 7.84. The molecule has 102 valence electrons. The van der Waals surface area contributed by atoms with Gasteiger partial charge in [-0.2, -0.15) is 0 Å². The quantitative estimate of drug-likeness (QED) is 0.863. The first kappa shape index (κ1) is 12.9. The number of thiophene rings is 1. The molecule has 0 bridgehead atoms. The molecule has 3 rings (SSSR count). The smallest absolute Gasteiger partial charge is 0.211 e. The number of hydrogen-bond acceptors (Lipinski definition) is 4. The zero-order valence-corrected chi connectivity index (χ0v) is 12.3. The molecule has 2 aromatic heterocycles. The fourth-order valence-electron chi connectivity index (χ4n) is 2.51. The van der Waals surface area contributed by atoms with Gasteiger partial charge in [0.25, 0.3) is 0 Å². The van der Waals surface area contributed by atoms with Gasteiger partial charge in [-0.15, -0.1) is 11.3 Å². The van der Waals surface area contributed by atoms with Crippen molar-refractivity contribution in [2.75, 3.05) is 7.05 Å². The third-order valence-electron chi connectivity index (χ3n) is 3.82. The van der Waals surface area contributed by atoms with Gasteiger partial charge < -0.3 is 9.73 Å². The van der Waals surface area contributed by atoms with E-state index < -0.39 is 0 Å². The van der Waals surface area contributed by atoms with Gasteiger partial charge >= 0.3 is 0 Å². The number of nitrogens with one attached hydrogen (secondary N) is 1. The first-order chi connectivity index (χ1) is 9.28. The van der Waals surface area contributed by atoms with Gasteiger partial charge in [0.1, 0.15) is 0 Å². The SMILES string of the molecule is CNC(C)c1ncc(-c2cc3c(s2)CCCCC3)o1. The Morgan fingerprint density at radius 1 is 1.32 bits per heavy atom. The zero-order chi connectivity index (χ0) is 13.2. The lowest BCUT2D eigenvalue weighted by Crippen LogP contribution is -2.12. The third-order valence-corrected chi connectivity index (χ3v) is 5.07. The molecule has 2 heterocycles. The predicted octanol–water partition coefficient (Wildman–Crippen LogP) is 3.95. The molecule has 3 nitrogen and oxygen atoms in total. The van der Waals surface area contributed by atoms with E-state index in [9.17, 15) is 0 Å². The van der Waals surface area contributed by atoms with Crippen LogP contribution in [0.5, 0.6) is 0 Å². The van der Waals surface area contributed by atoms with E-state index in [2.05, 4.69) is 23.3 Å². The molecule has 0 saturated heterocycles. The lowest BCUT2D eigenvalue weighted by atomic mass is 10.1. The van der Waals surface area contributed by atoms with Gasteiger partial charge in [0.2, 0.25) is 5.89 Å². The highest BCUT2D eigenvalue weighted by molar-refractivity contribution is 7.15. The zero-order valence-electron chi connectivity index (χ0n) is 11.5. The van der Waals surface area contributed by atoms with E-state index >= 15 is 0 Å². The molecule has 2 aromatic rings. The Morgan fingerprint density at radius 3 is 3.00 bits per heavy atom. The number of oxazole rings is 1. The van der Waals surface area contributed by atoms with Gasteiger partial charge in [0, 0.05) is 4.88 Å². The topological polar surface area (TPSA) is 38.1 Å². The lowest BCUT2D eigenvalue weighted by Gasteiger charge is -2.03. The molecule has 4 heteroatoms. The fourth-order valence-corrected chi connectivity index (χ4v) is 3.71. The highest BCUT2D eigenvalue weighted by Crippen LogP contribution is 2.35. The second kappa shape index (κ2) is 5.47. The van der Waals surface area contributed by atoms with E-state index in [1.807, 2.05) is 24.6 Å². The second-order valence-electron chi connectivity index (χ2n) is 5.19. The summed E-state index contributed by atoms with van der Waals surface area (Å²) in [5.41, 5.74) is 1.53. The fraction of sp³-hybridized carbons (Fsp3) is 0.533. The molecule has 0 aliphatic heterocycles. The van der Waals surface area contributed by atoms with E-state index in [0.29, 0.717) is 0 Å². The summed E-state index contributed by atoms with van der Waals surface area (Å²) in [4.78, 5) is 7.14. The van der Waals surface area contributed by atoms with Gasteiger partial charge in [-0.1, -0.05) is 6.42 Å². The van der Waals surface area contributed by atoms with Crippen molar-refractivity contribution in [2.24, 2.45) is 0 Å². The summed E-state index contributed by atoms with van der Waals surface area (Å²) < 4.78 is 5.87. The Labute approximate surface area is 118 Å². The van der Waals surface area contributed by atoms with E-state index in [0.717, 1.165) is 11.7 Å². The minimum Gasteiger partial charge on any atom is -0.438 e. The minimum atomic E-state index is 0.159. The largest absolute Gasteiger partial charge is 0.438 e. The average Bonchev–Trinajstić information content (AvgIpc) is 3.01. The standard InChI is InChI=1S/C15H20N2OS/c1-10(16-2)15-17-9-12(18-15)14-8-11-6-4-3-5-7-13(11)19-14/h8-10,16H,3-7H2,1-2H3. The molecule has 1 aliphatic carbocycles. The third kappa shape index (κ3) is 2.60. The predicted molar refractivity (Wildman–Crippen MR) is 78.5 cm³/mol. The Morgan fingerprint density at radius 2 is 2.16 bits per heavy atom. The summed E-state index contributed by atoms with van der Waals surface area (Å²) in [5, 5.41) is 3.15. The van der Waals surface area contributed by atoms with E-state index in [1.54, 1.807) is 4.88 Å². The summed E-state index contributed by atoms with van der Waals surface area (Å²) in [6.07, 6.45) is 8.32. The van der Waals surface area contributed by atoms with Crippen LogP contribution in [0.15, 0.2) is 16.7 Å². The molecular weight excluding hydrogens is 256 g/mol. The highest BCUT2D eigenvalue weighted by Gasteiger charge is 2.17. The van der Waals surface area contributed by atoms with Crippen molar-refractivity contribution < 1.29 is 4.42 Å². The van der Waals surface area contributed by atoms with Crippen molar-refractivity contribution in [3.05, 3.63) is 28.6 Å². The molecule has 0 amide bonds. The van der Waals surface area contributed by atoms with Crippen LogP contribution in [0.1, 0.15) is 48.6 Å². The Bertz CT molecular complexity index is 535. The van der Waals surface area contributed by atoms with E-state index in [1.165, 1.54) is 42.5 Å². The van der Waals surface area contributed by atoms with Gasteiger partial charge in [0.15, 0.2) is 5.76 Å². The molecule has 1 atom stereocenters. The molecule has 19 heavy (non-hydrogen) atoms. The maximum absolute atomic E-state index is 5.87. The lowest BCUT2D eigenvalue weighted by molar-refractivity contribution is 0.442. The van der Waals surface area contributed by atoms with Gasteiger partial charge in [0.05, 0.1) is 17.1 Å². The molecule has 0 aromatic carbocycles. The van der Waals surface area contributed by atoms with Crippen LogP contribution in [0, 0.1) is 0 Å². The number of fused-ring (bicyclic) bond motifs is 1. The van der Waals surface area contributed by atoms with Crippen LogP contribution >= 0.6 is 11.3 Å². The Hall–Kier alpha value is -1.13. The average molecular weight is 276 g/mol. The summed E-state index contributed by atoms with van der Waals surface area (Å²) in [6, 6.07) is 2.46. The van der Waals surface area contributed by atoms with E-state index in [4.69, 9.17) is 4.42 Å².